The lowest BCUT2D eigenvalue weighted by Gasteiger charge is -2.44. The first kappa shape index (κ1) is 12.3. The summed E-state index contributed by atoms with van der Waals surface area (Å²) in [6, 6.07) is 0.720. The number of hydrogen-bond donors (Lipinski definition) is 1. The molecule has 94 valence electrons. The topological polar surface area (TPSA) is 38.5 Å². The van der Waals surface area contributed by atoms with E-state index in [2.05, 4.69) is 18.7 Å². The first-order chi connectivity index (χ1) is 7.61. The van der Waals surface area contributed by atoms with E-state index < -0.39 is 0 Å². The maximum absolute atomic E-state index is 5.80. The number of piperidine rings is 1. The second-order valence-electron chi connectivity index (χ2n) is 5.99. The Hall–Kier alpha value is -0.120. The Morgan fingerprint density at radius 2 is 2.19 bits per heavy atom. The average Bonchev–Trinajstić information content (AvgIpc) is 2.28. The Kier molecular flexibility index (Phi) is 3.88. The van der Waals surface area contributed by atoms with Gasteiger partial charge in [-0.1, -0.05) is 0 Å². The number of nitrogens with two attached hydrogens (primary N) is 1. The molecule has 0 saturated carbocycles. The Morgan fingerprint density at radius 3 is 2.88 bits per heavy atom. The highest BCUT2D eigenvalue weighted by Crippen LogP contribution is 2.29. The van der Waals surface area contributed by atoms with Crippen LogP contribution >= 0.6 is 0 Å². The van der Waals surface area contributed by atoms with Gasteiger partial charge < -0.3 is 10.5 Å². The molecule has 2 unspecified atom stereocenters. The molecule has 3 heteroatoms. The van der Waals surface area contributed by atoms with E-state index >= 15 is 0 Å². The van der Waals surface area contributed by atoms with Gasteiger partial charge in [0, 0.05) is 19.2 Å². The molecule has 2 fully saturated rings. The van der Waals surface area contributed by atoms with Crippen LogP contribution in [0.5, 0.6) is 0 Å². The van der Waals surface area contributed by atoms with Gasteiger partial charge >= 0.3 is 0 Å². The van der Waals surface area contributed by atoms with Crippen molar-refractivity contribution < 1.29 is 4.74 Å². The van der Waals surface area contributed by atoms with E-state index in [4.69, 9.17) is 10.5 Å². The molecule has 0 bridgehead atoms. The molecule has 2 saturated heterocycles. The van der Waals surface area contributed by atoms with Crippen LogP contribution in [-0.2, 0) is 4.74 Å². The fourth-order valence-corrected chi connectivity index (χ4v) is 3.13. The van der Waals surface area contributed by atoms with Gasteiger partial charge in [0.05, 0.1) is 5.60 Å². The molecule has 3 nitrogen and oxygen atoms in total. The van der Waals surface area contributed by atoms with Gasteiger partial charge in [0.25, 0.3) is 0 Å². The Bertz CT molecular complexity index is 230. The van der Waals surface area contributed by atoms with E-state index in [1.54, 1.807) is 0 Å². The van der Waals surface area contributed by atoms with Crippen molar-refractivity contribution in [3.05, 3.63) is 0 Å². The van der Waals surface area contributed by atoms with Gasteiger partial charge in [-0.05, 0) is 58.5 Å². The predicted octanol–water partition coefficient (Wildman–Crippen LogP) is 1.61. The molecule has 2 aliphatic heterocycles. The van der Waals surface area contributed by atoms with Gasteiger partial charge in [0.2, 0.25) is 0 Å². The highest BCUT2D eigenvalue weighted by Gasteiger charge is 2.33. The van der Waals surface area contributed by atoms with Crippen LogP contribution in [0.15, 0.2) is 0 Å². The highest BCUT2D eigenvalue weighted by atomic mass is 16.5. The maximum Gasteiger partial charge on any atom is 0.0641 e. The Labute approximate surface area is 99.3 Å². The molecule has 0 spiro atoms. The lowest BCUT2D eigenvalue weighted by atomic mass is 9.89. The van der Waals surface area contributed by atoms with E-state index in [1.165, 1.54) is 38.8 Å². The standard InChI is InChI=1S/C13H26N2O/c1-13(2)8-12(5-7-16-13)15-6-3-4-11(9-14)10-15/h11-12H,3-10,14H2,1-2H3. The zero-order valence-corrected chi connectivity index (χ0v) is 10.7. The smallest absolute Gasteiger partial charge is 0.0641 e. The second kappa shape index (κ2) is 5.03. The van der Waals surface area contributed by atoms with Crippen molar-refractivity contribution in [1.82, 2.24) is 4.90 Å². The van der Waals surface area contributed by atoms with E-state index in [0.29, 0.717) is 0 Å². The number of nitrogens with zero attached hydrogens (tertiary/aromatic N) is 1. The Morgan fingerprint density at radius 1 is 1.38 bits per heavy atom. The van der Waals surface area contributed by atoms with Crippen LogP contribution in [0.4, 0.5) is 0 Å². The molecule has 0 radical (unpaired) electrons. The molecule has 16 heavy (non-hydrogen) atoms. The monoisotopic (exact) mass is 226 g/mol. The summed E-state index contributed by atoms with van der Waals surface area (Å²) in [5.74, 6) is 0.722. The van der Waals surface area contributed by atoms with Crippen LogP contribution in [0.25, 0.3) is 0 Å². The summed E-state index contributed by atoms with van der Waals surface area (Å²) in [5, 5.41) is 0. The molecule has 2 aliphatic rings. The van der Waals surface area contributed by atoms with E-state index in [9.17, 15) is 0 Å². The van der Waals surface area contributed by atoms with Gasteiger partial charge in [-0.25, -0.2) is 0 Å². The molecule has 0 aromatic rings. The normalized spacial score (nSPS) is 36.2. The van der Waals surface area contributed by atoms with Gasteiger partial charge in [0.15, 0.2) is 0 Å². The van der Waals surface area contributed by atoms with Gasteiger partial charge in [-0.15, -0.1) is 0 Å². The van der Waals surface area contributed by atoms with Crippen LogP contribution in [0.1, 0.15) is 39.5 Å². The summed E-state index contributed by atoms with van der Waals surface area (Å²) >= 11 is 0. The second-order valence-corrected chi connectivity index (χ2v) is 5.99. The van der Waals surface area contributed by atoms with Gasteiger partial charge in [-0.2, -0.15) is 0 Å². The third kappa shape index (κ3) is 2.96. The first-order valence-electron chi connectivity index (χ1n) is 6.69. The van der Waals surface area contributed by atoms with Crippen molar-refractivity contribution in [3.63, 3.8) is 0 Å². The number of rotatable bonds is 2. The molecular formula is C13H26N2O. The minimum Gasteiger partial charge on any atom is -0.375 e. The minimum absolute atomic E-state index is 0.0680. The summed E-state index contributed by atoms with van der Waals surface area (Å²) in [5.41, 5.74) is 5.86. The van der Waals surface area contributed by atoms with Gasteiger partial charge in [0.1, 0.15) is 0 Å². The molecule has 0 amide bonds. The molecule has 0 aromatic carbocycles. The van der Waals surface area contributed by atoms with Crippen molar-refractivity contribution in [2.75, 3.05) is 26.2 Å². The summed E-state index contributed by atoms with van der Waals surface area (Å²) < 4.78 is 5.79. The number of likely N-dealkylation sites (tertiary alicyclic amines) is 1. The van der Waals surface area contributed by atoms with Crippen molar-refractivity contribution in [2.24, 2.45) is 11.7 Å². The highest BCUT2D eigenvalue weighted by molar-refractivity contribution is 4.87. The van der Waals surface area contributed by atoms with Crippen molar-refractivity contribution in [2.45, 2.75) is 51.2 Å². The van der Waals surface area contributed by atoms with E-state index in [1.807, 2.05) is 0 Å². The zero-order chi connectivity index (χ0) is 11.6. The molecular weight excluding hydrogens is 200 g/mol. The lowest BCUT2D eigenvalue weighted by Crippen LogP contribution is -2.50. The number of ether oxygens (including phenoxy) is 1. The molecule has 2 atom stereocenters. The van der Waals surface area contributed by atoms with Gasteiger partial charge in [-0.3, -0.25) is 4.90 Å². The van der Waals surface area contributed by atoms with Crippen molar-refractivity contribution in [3.8, 4) is 0 Å². The fourth-order valence-electron chi connectivity index (χ4n) is 3.13. The third-order valence-corrected chi connectivity index (χ3v) is 4.07. The van der Waals surface area contributed by atoms with Crippen LogP contribution in [0, 0.1) is 5.92 Å². The van der Waals surface area contributed by atoms with Crippen LogP contribution < -0.4 is 5.73 Å². The largest absolute Gasteiger partial charge is 0.375 e. The van der Waals surface area contributed by atoms with E-state index in [-0.39, 0.29) is 5.60 Å². The number of hydrogen-bond acceptors (Lipinski definition) is 3. The predicted molar refractivity (Wildman–Crippen MR) is 66.4 cm³/mol. The molecule has 0 aromatic heterocycles. The molecule has 0 aliphatic carbocycles. The first-order valence-corrected chi connectivity index (χ1v) is 6.69. The van der Waals surface area contributed by atoms with Crippen LogP contribution in [0.2, 0.25) is 0 Å². The SMILES string of the molecule is CC1(C)CC(N2CCCC(CN)C2)CCO1. The Balaban J connectivity index is 1.91. The maximum atomic E-state index is 5.80. The van der Waals surface area contributed by atoms with Crippen molar-refractivity contribution >= 4 is 0 Å². The third-order valence-electron chi connectivity index (χ3n) is 4.07. The molecule has 2 rings (SSSR count). The molecule has 2 N–H and O–H groups in total. The van der Waals surface area contributed by atoms with Crippen LogP contribution in [0.3, 0.4) is 0 Å². The van der Waals surface area contributed by atoms with E-state index in [0.717, 1.165) is 25.1 Å². The zero-order valence-electron chi connectivity index (χ0n) is 10.7. The summed E-state index contributed by atoms with van der Waals surface area (Å²) in [6.45, 7) is 8.66. The van der Waals surface area contributed by atoms with Crippen LogP contribution in [-0.4, -0.2) is 42.8 Å². The lowest BCUT2D eigenvalue weighted by molar-refractivity contribution is -0.0876. The fraction of sp³-hybridized carbons (Fsp3) is 1.00. The average molecular weight is 226 g/mol. The van der Waals surface area contributed by atoms with Crippen molar-refractivity contribution in [1.29, 1.82) is 0 Å². The minimum atomic E-state index is 0.0680. The summed E-state index contributed by atoms with van der Waals surface area (Å²) in [7, 11) is 0. The summed E-state index contributed by atoms with van der Waals surface area (Å²) in [4.78, 5) is 2.66. The summed E-state index contributed by atoms with van der Waals surface area (Å²) in [6.07, 6.45) is 5.00. The quantitative estimate of drug-likeness (QED) is 0.777. The molecule has 2 heterocycles.